The number of rotatable bonds is 3. The molecule has 0 aromatic heterocycles. The molecule has 6 heteroatoms. The maximum atomic E-state index is 13.0. The molecule has 2 heterocycles. The molecule has 3 rings (SSSR count). The maximum Gasteiger partial charge on any atom is 0.324 e. The van der Waals surface area contributed by atoms with Crippen LogP contribution in [0.1, 0.15) is 24.4 Å². The fourth-order valence-electron chi connectivity index (χ4n) is 3.05. The normalized spacial score (nSPS) is 22.6. The first-order valence-corrected chi connectivity index (χ1v) is 7.23. The Morgan fingerprint density at radius 1 is 1.29 bits per heavy atom. The number of likely N-dealkylation sites (tertiary alicyclic amines) is 1. The van der Waals surface area contributed by atoms with E-state index in [1.165, 1.54) is 17.0 Å². The number of imide groups is 1. The summed E-state index contributed by atoms with van der Waals surface area (Å²) >= 11 is 0. The number of benzene rings is 1. The van der Waals surface area contributed by atoms with Gasteiger partial charge in [0.05, 0.1) is 6.54 Å². The van der Waals surface area contributed by atoms with Crippen LogP contribution >= 0.6 is 0 Å². The molecular weight excluding hydrogens is 273 g/mol. The van der Waals surface area contributed by atoms with Crippen LogP contribution in [-0.2, 0) is 4.79 Å². The van der Waals surface area contributed by atoms with E-state index in [2.05, 4.69) is 10.2 Å². The largest absolute Gasteiger partial charge is 0.336 e. The highest BCUT2D eigenvalue weighted by molar-refractivity contribution is 5.96. The van der Waals surface area contributed by atoms with Crippen LogP contribution in [0.4, 0.5) is 9.18 Å². The van der Waals surface area contributed by atoms with E-state index >= 15 is 0 Å². The van der Waals surface area contributed by atoms with Crippen molar-refractivity contribution in [3.63, 3.8) is 0 Å². The van der Waals surface area contributed by atoms with Crippen molar-refractivity contribution >= 4 is 11.9 Å². The van der Waals surface area contributed by atoms with Crippen LogP contribution < -0.4 is 5.32 Å². The number of urea groups is 1. The second-order valence-electron chi connectivity index (χ2n) is 5.46. The van der Waals surface area contributed by atoms with Gasteiger partial charge in [-0.05, 0) is 37.1 Å². The van der Waals surface area contributed by atoms with Gasteiger partial charge >= 0.3 is 6.03 Å². The van der Waals surface area contributed by atoms with Crippen molar-refractivity contribution in [2.75, 3.05) is 26.2 Å². The summed E-state index contributed by atoms with van der Waals surface area (Å²) in [5.74, 6) is -0.424. The number of carbonyl (C=O) groups excluding carboxylic acids is 2. The standard InChI is InChI=1S/C15H18FN3O2/c16-12-5-3-11(4-6-12)13-2-1-8-18(13)10-14(20)19-9-7-17-15(19)21/h3-6,13H,1-2,7-10H2,(H,17,21)/t13-/m0/s1. The van der Waals surface area contributed by atoms with Crippen molar-refractivity contribution in [2.24, 2.45) is 0 Å². The molecule has 3 amide bonds. The summed E-state index contributed by atoms with van der Waals surface area (Å²) < 4.78 is 13.0. The van der Waals surface area contributed by atoms with Crippen LogP contribution in [0.3, 0.4) is 0 Å². The Kier molecular flexibility index (Phi) is 3.88. The Balaban J connectivity index is 1.68. The zero-order valence-corrected chi connectivity index (χ0v) is 11.7. The molecule has 0 aliphatic carbocycles. The highest BCUT2D eigenvalue weighted by atomic mass is 19.1. The van der Waals surface area contributed by atoms with Gasteiger partial charge in [-0.3, -0.25) is 14.6 Å². The van der Waals surface area contributed by atoms with Crippen molar-refractivity contribution in [1.29, 1.82) is 0 Å². The molecule has 1 atom stereocenters. The Morgan fingerprint density at radius 2 is 2.05 bits per heavy atom. The van der Waals surface area contributed by atoms with Gasteiger partial charge in [-0.1, -0.05) is 12.1 Å². The van der Waals surface area contributed by atoms with Crippen molar-refractivity contribution in [2.45, 2.75) is 18.9 Å². The highest BCUT2D eigenvalue weighted by Gasteiger charge is 2.32. The van der Waals surface area contributed by atoms with E-state index in [0.717, 1.165) is 24.9 Å². The van der Waals surface area contributed by atoms with Gasteiger partial charge in [0, 0.05) is 19.1 Å². The van der Waals surface area contributed by atoms with Gasteiger partial charge in [-0.15, -0.1) is 0 Å². The zero-order chi connectivity index (χ0) is 14.8. The van der Waals surface area contributed by atoms with E-state index in [1.54, 1.807) is 12.1 Å². The Bertz CT molecular complexity index is 546. The molecule has 112 valence electrons. The van der Waals surface area contributed by atoms with Crippen LogP contribution in [0.5, 0.6) is 0 Å². The minimum Gasteiger partial charge on any atom is -0.336 e. The fraction of sp³-hybridized carbons (Fsp3) is 0.467. The van der Waals surface area contributed by atoms with Gasteiger partial charge in [0.1, 0.15) is 5.82 Å². The van der Waals surface area contributed by atoms with Crippen LogP contribution in [0, 0.1) is 5.82 Å². The summed E-state index contributed by atoms with van der Waals surface area (Å²) in [5, 5.41) is 2.63. The fourth-order valence-corrected chi connectivity index (χ4v) is 3.05. The van der Waals surface area contributed by atoms with Gasteiger partial charge < -0.3 is 5.32 Å². The molecule has 2 fully saturated rings. The molecule has 0 unspecified atom stereocenters. The topological polar surface area (TPSA) is 52.7 Å². The first-order chi connectivity index (χ1) is 10.1. The summed E-state index contributed by atoms with van der Waals surface area (Å²) in [6.45, 7) is 2.01. The molecule has 2 saturated heterocycles. The first-order valence-electron chi connectivity index (χ1n) is 7.23. The number of amides is 3. The lowest BCUT2D eigenvalue weighted by molar-refractivity contribution is -0.129. The predicted molar refractivity (Wildman–Crippen MR) is 75.1 cm³/mol. The van der Waals surface area contributed by atoms with Crippen molar-refractivity contribution in [3.8, 4) is 0 Å². The van der Waals surface area contributed by atoms with E-state index < -0.39 is 0 Å². The highest BCUT2D eigenvalue weighted by Crippen LogP contribution is 2.31. The number of nitrogens with one attached hydrogen (secondary N) is 1. The number of carbonyl (C=O) groups is 2. The van der Waals surface area contributed by atoms with Crippen LogP contribution in [0.25, 0.3) is 0 Å². The van der Waals surface area contributed by atoms with Crippen LogP contribution in [-0.4, -0.2) is 47.9 Å². The molecule has 0 bridgehead atoms. The quantitative estimate of drug-likeness (QED) is 0.918. The van der Waals surface area contributed by atoms with Crippen LogP contribution in [0.2, 0.25) is 0 Å². The van der Waals surface area contributed by atoms with Gasteiger partial charge in [0.25, 0.3) is 0 Å². The van der Waals surface area contributed by atoms with E-state index in [1.807, 2.05) is 0 Å². The van der Waals surface area contributed by atoms with Gasteiger partial charge in [-0.2, -0.15) is 0 Å². The SMILES string of the molecule is O=C(CN1CCC[C@H]1c1ccc(F)cc1)N1CCNC1=O. The minimum atomic E-state index is -0.308. The Morgan fingerprint density at radius 3 is 2.71 bits per heavy atom. The molecular formula is C15H18FN3O2. The Labute approximate surface area is 122 Å². The third kappa shape index (κ3) is 2.90. The van der Waals surface area contributed by atoms with E-state index in [-0.39, 0.29) is 30.3 Å². The Hall–Kier alpha value is -1.95. The summed E-state index contributed by atoms with van der Waals surface area (Å²) in [6.07, 6.45) is 1.95. The molecule has 0 radical (unpaired) electrons. The van der Waals surface area contributed by atoms with Crippen molar-refractivity contribution < 1.29 is 14.0 Å². The number of hydrogen-bond donors (Lipinski definition) is 1. The first kappa shape index (κ1) is 14.0. The molecule has 21 heavy (non-hydrogen) atoms. The van der Waals surface area contributed by atoms with Crippen LogP contribution in [0.15, 0.2) is 24.3 Å². The van der Waals surface area contributed by atoms with E-state index in [9.17, 15) is 14.0 Å². The monoisotopic (exact) mass is 291 g/mol. The molecule has 2 aliphatic rings. The molecule has 1 N–H and O–H groups in total. The average Bonchev–Trinajstić information content (AvgIpc) is 3.09. The summed E-state index contributed by atoms with van der Waals surface area (Å²) in [7, 11) is 0. The minimum absolute atomic E-state index is 0.125. The molecule has 0 saturated carbocycles. The molecule has 5 nitrogen and oxygen atoms in total. The number of hydrogen-bond acceptors (Lipinski definition) is 3. The predicted octanol–water partition coefficient (Wildman–Crippen LogP) is 1.51. The summed E-state index contributed by atoms with van der Waals surface area (Å²) in [6, 6.07) is 6.25. The van der Waals surface area contributed by atoms with E-state index in [4.69, 9.17) is 0 Å². The van der Waals surface area contributed by atoms with Crippen molar-refractivity contribution in [1.82, 2.24) is 15.1 Å². The zero-order valence-electron chi connectivity index (χ0n) is 11.7. The molecule has 1 aromatic carbocycles. The van der Waals surface area contributed by atoms with Gasteiger partial charge in [-0.25, -0.2) is 9.18 Å². The lowest BCUT2D eigenvalue weighted by atomic mass is 10.0. The third-order valence-electron chi connectivity index (χ3n) is 4.11. The smallest absolute Gasteiger partial charge is 0.324 e. The third-order valence-corrected chi connectivity index (χ3v) is 4.11. The lowest BCUT2D eigenvalue weighted by Gasteiger charge is -2.25. The van der Waals surface area contributed by atoms with E-state index in [0.29, 0.717) is 13.1 Å². The van der Waals surface area contributed by atoms with Gasteiger partial charge in [0.2, 0.25) is 5.91 Å². The number of halogens is 1. The van der Waals surface area contributed by atoms with Gasteiger partial charge in [0.15, 0.2) is 0 Å². The maximum absolute atomic E-state index is 13.0. The average molecular weight is 291 g/mol. The molecule has 0 spiro atoms. The molecule has 2 aliphatic heterocycles. The lowest BCUT2D eigenvalue weighted by Crippen LogP contribution is -2.41. The second kappa shape index (κ2) is 5.81. The summed E-state index contributed by atoms with van der Waals surface area (Å²) in [4.78, 5) is 27.1. The second-order valence-corrected chi connectivity index (χ2v) is 5.46. The summed E-state index contributed by atoms with van der Waals surface area (Å²) in [5.41, 5.74) is 1.02. The number of nitrogens with zero attached hydrogens (tertiary/aromatic N) is 2. The molecule has 1 aromatic rings. The van der Waals surface area contributed by atoms with Crippen molar-refractivity contribution in [3.05, 3.63) is 35.6 Å².